The van der Waals surface area contributed by atoms with Gasteiger partial charge in [0.15, 0.2) is 0 Å². The van der Waals surface area contributed by atoms with E-state index in [1.807, 2.05) is 6.07 Å². The van der Waals surface area contributed by atoms with Crippen LogP contribution in [0.15, 0.2) is 47.3 Å². The molecule has 3 amide bonds. The minimum absolute atomic E-state index is 0.0254. The predicted molar refractivity (Wildman–Crippen MR) is 130 cm³/mol. The summed E-state index contributed by atoms with van der Waals surface area (Å²) < 4.78 is 16.9. The topological polar surface area (TPSA) is 79.7 Å². The highest BCUT2D eigenvalue weighted by atomic mass is 19.1. The van der Waals surface area contributed by atoms with Gasteiger partial charge in [-0.15, -0.1) is 0 Å². The van der Waals surface area contributed by atoms with Crippen LogP contribution in [0, 0.1) is 11.7 Å². The van der Waals surface area contributed by atoms with Crippen LogP contribution in [0.3, 0.4) is 0 Å². The summed E-state index contributed by atoms with van der Waals surface area (Å²) in [6.07, 6.45) is 3.90. The van der Waals surface area contributed by atoms with Crippen LogP contribution in [0.5, 0.6) is 0 Å². The van der Waals surface area contributed by atoms with Gasteiger partial charge in [-0.05, 0) is 37.3 Å². The molecule has 7 nitrogen and oxygen atoms in total. The number of hydrogen-bond donors (Lipinski definition) is 0. The molecule has 3 fully saturated rings. The van der Waals surface area contributed by atoms with Crippen LogP contribution in [-0.4, -0.2) is 51.2 Å². The molecule has 0 radical (unpaired) electrons. The SMILES string of the molecule is O=C(C[C@]1(c2ccccc2F)CC(=O)N(C2CCCC2)C1=O)N1C[C@H]2C[C@@H](C1)c1cccc(=O)n1C2. The van der Waals surface area contributed by atoms with Crippen molar-refractivity contribution in [1.29, 1.82) is 0 Å². The minimum Gasteiger partial charge on any atom is -0.342 e. The third kappa shape index (κ3) is 3.61. The van der Waals surface area contributed by atoms with Gasteiger partial charge in [0.25, 0.3) is 5.56 Å². The lowest BCUT2D eigenvalue weighted by atomic mass is 9.74. The molecule has 3 atom stereocenters. The number of rotatable bonds is 4. The van der Waals surface area contributed by atoms with Crippen molar-refractivity contribution in [3.05, 3.63) is 69.9 Å². The quantitative estimate of drug-likeness (QED) is 0.616. The Morgan fingerprint density at radius 3 is 2.53 bits per heavy atom. The molecule has 4 aliphatic rings. The molecule has 4 heterocycles. The van der Waals surface area contributed by atoms with Crippen molar-refractivity contribution in [1.82, 2.24) is 14.4 Å². The van der Waals surface area contributed by atoms with E-state index in [1.54, 1.807) is 39.8 Å². The molecule has 1 aromatic heterocycles. The fourth-order valence-corrected chi connectivity index (χ4v) is 7.06. The first kappa shape index (κ1) is 23.1. The number of likely N-dealkylation sites (tertiary alicyclic amines) is 2. The summed E-state index contributed by atoms with van der Waals surface area (Å²) in [4.78, 5) is 56.3. The minimum atomic E-state index is -1.52. The number of piperidine rings is 1. The molecule has 3 aliphatic heterocycles. The summed E-state index contributed by atoms with van der Waals surface area (Å²) in [5, 5.41) is 0. The molecule has 2 bridgehead atoms. The molecule has 1 saturated carbocycles. The molecule has 1 aromatic carbocycles. The molecule has 1 aliphatic carbocycles. The molecule has 188 valence electrons. The molecule has 6 rings (SSSR count). The predicted octanol–water partition coefficient (Wildman–Crippen LogP) is 2.96. The number of hydrogen-bond acceptors (Lipinski definition) is 4. The second-order valence-electron chi connectivity index (χ2n) is 10.9. The maximum absolute atomic E-state index is 15.1. The molecule has 0 N–H and O–H groups in total. The molecule has 2 aromatic rings. The molecular weight excluding hydrogens is 461 g/mol. The largest absolute Gasteiger partial charge is 0.342 e. The smallest absolute Gasteiger partial charge is 0.250 e. The third-order valence-electron chi connectivity index (χ3n) is 8.71. The number of fused-ring (bicyclic) bond motifs is 4. The van der Waals surface area contributed by atoms with Crippen molar-refractivity contribution in [2.24, 2.45) is 5.92 Å². The van der Waals surface area contributed by atoms with E-state index in [9.17, 15) is 19.2 Å². The monoisotopic (exact) mass is 491 g/mol. The summed E-state index contributed by atoms with van der Waals surface area (Å²) in [5.41, 5.74) is -0.489. The summed E-state index contributed by atoms with van der Waals surface area (Å²) >= 11 is 0. The van der Waals surface area contributed by atoms with Crippen LogP contribution in [0.4, 0.5) is 4.39 Å². The first-order chi connectivity index (χ1) is 17.4. The maximum atomic E-state index is 15.1. The van der Waals surface area contributed by atoms with Crippen LogP contribution in [-0.2, 0) is 26.3 Å². The Balaban J connectivity index is 1.32. The van der Waals surface area contributed by atoms with Crippen LogP contribution in [0.1, 0.15) is 62.1 Å². The number of carbonyl (C=O) groups is 3. The normalized spacial score (nSPS) is 28.0. The summed E-state index contributed by atoms with van der Waals surface area (Å²) in [6.45, 7) is 1.49. The number of halogens is 1. The Hall–Kier alpha value is -3.29. The number of imide groups is 1. The van der Waals surface area contributed by atoms with Gasteiger partial charge in [0.05, 0.1) is 5.41 Å². The molecule has 36 heavy (non-hydrogen) atoms. The van der Waals surface area contributed by atoms with E-state index in [4.69, 9.17) is 0 Å². The lowest BCUT2D eigenvalue weighted by Crippen LogP contribution is -2.51. The van der Waals surface area contributed by atoms with Crippen molar-refractivity contribution < 1.29 is 18.8 Å². The fraction of sp³-hybridized carbons (Fsp3) is 0.500. The highest BCUT2D eigenvalue weighted by molar-refractivity contribution is 6.11. The van der Waals surface area contributed by atoms with Gasteiger partial charge >= 0.3 is 0 Å². The highest BCUT2D eigenvalue weighted by Crippen LogP contribution is 2.44. The second kappa shape index (κ2) is 8.68. The fourth-order valence-electron chi connectivity index (χ4n) is 7.06. The first-order valence-corrected chi connectivity index (χ1v) is 13.0. The van der Waals surface area contributed by atoms with E-state index in [-0.39, 0.29) is 53.7 Å². The van der Waals surface area contributed by atoms with Crippen LogP contribution in [0.2, 0.25) is 0 Å². The van der Waals surface area contributed by atoms with Crippen LogP contribution in [0.25, 0.3) is 0 Å². The Morgan fingerprint density at radius 2 is 1.75 bits per heavy atom. The zero-order valence-corrected chi connectivity index (χ0v) is 20.2. The van der Waals surface area contributed by atoms with Crippen molar-refractivity contribution in [2.75, 3.05) is 13.1 Å². The second-order valence-corrected chi connectivity index (χ2v) is 10.9. The van der Waals surface area contributed by atoms with Gasteiger partial charge in [-0.25, -0.2) is 4.39 Å². The van der Waals surface area contributed by atoms with Gasteiger partial charge in [0.2, 0.25) is 17.7 Å². The lowest BCUT2D eigenvalue weighted by Gasteiger charge is -2.43. The van der Waals surface area contributed by atoms with Crippen molar-refractivity contribution in [3.8, 4) is 0 Å². The van der Waals surface area contributed by atoms with Gasteiger partial charge in [0, 0.05) is 61.8 Å². The van der Waals surface area contributed by atoms with Gasteiger partial charge in [-0.3, -0.25) is 24.1 Å². The van der Waals surface area contributed by atoms with Crippen LogP contribution >= 0.6 is 0 Å². The molecule has 2 saturated heterocycles. The lowest BCUT2D eigenvalue weighted by molar-refractivity contribution is -0.145. The first-order valence-electron chi connectivity index (χ1n) is 13.0. The summed E-state index contributed by atoms with van der Waals surface area (Å²) in [7, 11) is 0. The van der Waals surface area contributed by atoms with Crippen LogP contribution < -0.4 is 5.56 Å². The number of nitrogens with zero attached hydrogens (tertiary/aromatic N) is 3. The van der Waals surface area contributed by atoms with Gasteiger partial charge in [-0.2, -0.15) is 0 Å². The van der Waals surface area contributed by atoms with Crippen molar-refractivity contribution >= 4 is 17.7 Å². The average molecular weight is 492 g/mol. The van der Waals surface area contributed by atoms with E-state index in [1.165, 1.54) is 11.0 Å². The number of benzene rings is 1. The highest BCUT2D eigenvalue weighted by Gasteiger charge is 2.57. The Morgan fingerprint density at radius 1 is 0.972 bits per heavy atom. The summed E-state index contributed by atoms with van der Waals surface area (Å²) in [6, 6.07) is 11.1. The average Bonchev–Trinajstić information content (AvgIpc) is 3.46. The van der Waals surface area contributed by atoms with Gasteiger partial charge in [-0.1, -0.05) is 37.1 Å². The zero-order chi connectivity index (χ0) is 25.0. The third-order valence-corrected chi connectivity index (χ3v) is 8.71. The van der Waals surface area contributed by atoms with Crippen molar-refractivity contribution in [3.63, 3.8) is 0 Å². The van der Waals surface area contributed by atoms with E-state index >= 15 is 4.39 Å². The number of amides is 3. The number of pyridine rings is 1. The van der Waals surface area contributed by atoms with Crippen molar-refractivity contribution in [2.45, 2.75) is 68.9 Å². The van der Waals surface area contributed by atoms with Gasteiger partial charge in [0.1, 0.15) is 5.82 Å². The van der Waals surface area contributed by atoms with E-state index < -0.39 is 17.1 Å². The zero-order valence-electron chi connectivity index (χ0n) is 20.2. The Kier molecular flexibility index (Phi) is 5.57. The number of aromatic nitrogens is 1. The number of carbonyl (C=O) groups excluding carboxylic acids is 3. The molecule has 0 unspecified atom stereocenters. The maximum Gasteiger partial charge on any atom is 0.250 e. The summed E-state index contributed by atoms with van der Waals surface area (Å²) in [5.74, 6) is -1.38. The Labute approximate surface area is 208 Å². The molecule has 8 heteroatoms. The van der Waals surface area contributed by atoms with Gasteiger partial charge < -0.3 is 9.47 Å². The molecule has 0 spiro atoms. The Bertz CT molecular complexity index is 1300. The van der Waals surface area contributed by atoms with E-state index in [2.05, 4.69) is 0 Å². The van der Waals surface area contributed by atoms with E-state index in [0.29, 0.717) is 19.6 Å². The van der Waals surface area contributed by atoms with E-state index in [0.717, 1.165) is 37.8 Å². The molecular formula is C28H30FN3O4. The standard InChI is InChI=1S/C28H30FN3O4/c29-22-9-4-3-8-21(22)28(14-26(35)32(27(28)36)20-6-1-2-7-20)13-25(34)30-15-18-12-19(17-30)23-10-5-11-24(33)31(23)16-18/h3-5,8-11,18-20H,1-2,6-7,12-17H2/t18-,19+,28-/m1/s1.